The zero-order valence-corrected chi connectivity index (χ0v) is 11.0. The number of aromatic nitrogens is 1. The van der Waals surface area contributed by atoms with Gasteiger partial charge in [-0.05, 0) is 34.1 Å². The molecule has 7 heteroatoms. The molecule has 3 N–H and O–H groups in total. The van der Waals surface area contributed by atoms with Gasteiger partial charge in [0.25, 0.3) is 5.91 Å². The Bertz CT molecular complexity index is 608. The van der Waals surface area contributed by atoms with Gasteiger partial charge in [0.2, 0.25) is 0 Å². The number of hydrogen-bond donors (Lipinski definition) is 2. The summed E-state index contributed by atoms with van der Waals surface area (Å²) in [6.07, 6.45) is 1.31. The molecular formula is C12H8BrF2N3O. The minimum atomic E-state index is -0.879. The Morgan fingerprint density at radius 2 is 2.05 bits per heavy atom. The number of anilines is 2. The van der Waals surface area contributed by atoms with Crippen LogP contribution >= 0.6 is 15.9 Å². The van der Waals surface area contributed by atoms with Crippen molar-refractivity contribution in [3.63, 3.8) is 0 Å². The highest BCUT2D eigenvalue weighted by molar-refractivity contribution is 9.10. The van der Waals surface area contributed by atoms with Gasteiger partial charge >= 0.3 is 0 Å². The lowest BCUT2D eigenvalue weighted by atomic mass is 10.2. The first-order chi connectivity index (χ1) is 8.97. The van der Waals surface area contributed by atoms with Crippen molar-refractivity contribution in [1.29, 1.82) is 0 Å². The van der Waals surface area contributed by atoms with Gasteiger partial charge in [0.1, 0.15) is 11.5 Å². The van der Waals surface area contributed by atoms with Gasteiger partial charge in [-0.1, -0.05) is 0 Å². The van der Waals surface area contributed by atoms with E-state index in [9.17, 15) is 13.6 Å². The van der Waals surface area contributed by atoms with E-state index in [0.717, 1.165) is 6.07 Å². The molecule has 1 amide bonds. The number of pyridine rings is 1. The highest BCUT2D eigenvalue weighted by atomic mass is 79.9. The normalized spacial score (nSPS) is 10.3. The number of nitrogens with zero attached hydrogens (tertiary/aromatic N) is 1. The molecule has 1 aromatic heterocycles. The predicted octanol–water partition coefficient (Wildman–Crippen LogP) is 2.96. The highest BCUT2D eigenvalue weighted by Crippen LogP contribution is 2.27. The van der Waals surface area contributed by atoms with Crippen molar-refractivity contribution in [2.24, 2.45) is 0 Å². The highest BCUT2D eigenvalue weighted by Gasteiger charge is 2.14. The standard InChI is InChI=1S/C12H8BrF2N3O/c13-8-3-6(14)4-9(15)11(8)18-12(19)10-2-1-7(16)5-17-10/h1-5H,16H2,(H,18,19). The third-order valence-electron chi connectivity index (χ3n) is 2.26. The maximum Gasteiger partial charge on any atom is 0.274 e. The molecular weight excluding hydrogens is 320 g/mol. The summed E-state index contributed by atoms with van der Waals surface area (Å²) < 4.78 is 26.5. The van der Waals surface area contributed by atoms with Gasteiger partial charge in [0, 0.05) is 10.5 Å². The summed E-state index contributed by atoms with van der Waals surface area (Å²) in [4.78, 5) is 15.6. The van der Waals surface area contributed by atoms with Crippen molar-refractivity contribution in [1.82, 2.24) is 4.98 Å². The van der Waals surface area contributed by atoms with Gasteiger partial charge in [0.05, 0.1) is 17.6 Å². The van der Waals surface area contributed by atoms with Crippen molar-refractivity contribution in [3.8, 4) is 0 Å². The molecule has 0 fully saturated rings. The fourth-order valence-corrected chi connectivity index (χ4v) is 1.89. The van der Waals surface area contributed by atoms with E-state index in [1.54, 1.807) is 0 Å². The molecule has 19 heavy (non-hydrogen) atoms. The molecule has 98 valence electrons. The number of carbonyl (C=O) groups excluding carboxylic acids is 1. The number of amides is 1. The number of halogens is 3. The van der Waals surface area contributed by atoms with Crippen LogP contribution < -0.4 is 11.1 Å². The van der Waals surface area contributed by atoms with Crippen LogP contribution in [0.15, 0.2) is 34.9 Å². The Kier molecular flexibility index (Phi) is 3.75. The number of hydrogen-bond acceptors (Lipinski definition) is 3. The fraction of sp³-hybridized carbons (Fsp3) is 0. The van der Waals surface area contributed by atoms with E-state index in [2.05, 4.69) is 26.2 Å². The van der Waals surface area contributed by atoms with Crippen LogP contribution in [0.25, 0.3) is 0 Å². The first-order valence-electron chi connectivity index (χ1n) is 5.15. The number of carbonyl (C=O) groups is 1. The van der Waals surface area contributed by atoms with Crippen LogP contribution in [0, 0.1) is 11.6 Å². The summed E-state index contributed by atoms with van der Waals surface area (Å²) in [7, 11) is 0. The van der Waals surface area contributed by atoms with Gasteiger partial charge in [-0.15, -0.1) is 0 Å². The van der Waals surface area contributed by atoms with E-state index < -0.39 is 17.5 Å². The molecule has 0 aliphatic carbocycles. The zero-order chi connectivity index (χ0) is 14.0. The molecule has 0 spiro atoms. The molecule has 0 aliphatic heterocycles. The predicted molar refractivity (Wildman–Crippen MR) is 70.7 cm³/mol. The molecule has 0 aliphatic rings. The maximum atomic E-state index is 13.5. The van der Waals surface area contributed by atoms with E-state index in [4.69, 9.17) is 5.73 Å². The first-order valence-corrected chi connectivity index (χ1v) is 5.94. The van der Waals surface area contributed by atoms with Crippen molar-refractivity contribution in [2.45, 2.75) is 0 Å². The summed E-state index contributed by atoms with van der Waals surface area (Å²) in [5.41, 5.74) is 5.77. The smallest absolute Gasteiger partial charge is 0.274 e. The van der Waals surface area contributed by atoms with Crippen LogP contribution in [0.5, 0.6) is 0 Å². The van der Waals surface area contributed by atoms with Gasteiger partial charge in [-0.2, -0.15) is 0 Å². The monoisotopic (exact) mass is 327 g/mol. The molecule has 0 unspecified atom stereocenters. The van der Waals surface area contributed by atoms with Gasteiger partial charge < -0.3 is 11.1 Å². The average Bonchev–Trinajstić information content (AvgIpc) is 2.34. The summed E-state index contributed by atoms with van der Waals surface area (Å²) in [6, 6.07) is 4.63. The van der Waals surface area contributed by atoms with Gasteiger partial charge in [-0.3, -0.25) is 4.79 Å². The second kappa shape index (κ2) is 5.31. The first kappa shape index (κ1) is 13.4. The van der Waals surface area contributed by atoms with Crippen LogP contribution in [0.1, 0.15) is 10.5 Å². The van der Waals surface area contributed by atoms with Crippen LogP contribution in [0.2, 0.25) is 0 Å². The second-order valence-corrected chi connectivity index (χ2v) is 4.53. The Hall–Kier alpha value is -2.02. The summed E-state index contributed by atoms with van der Waals surface area (Å²) in [6.45, 7) is 0. The minimum absolute atomic E-state index is 0.0739. The molecule has 2 rings (SSSR count). The van der Waals surface area contributed by atoms with E-state index in [-0.39, 0.29) is 15.9 Å². The number of nitrogens with two attached hydrogens (primary N) is 1. The number of nitrogen functional groups attached to an aromatic ring is 1. The number of nitrogens with one attached hydrogen (secondary N) is 1. The van der Waals surface area contributed by atoms with Gasteiger partial charge in [0.15, 0.2) is 5.82 Å². The van der Waals surface area contributed by atoms with Crippen LogP contribution in [-0.2, 0) is 0 Å². The molecule has 1 heterocycles. The second-order valence-electron chi connectivity index (χ2n) is 3.68. The largest absolute Gasteiger partial charge is 0.397 e. The molecule has 1 aromatic carbocycles. The van der Waals surface area contributed by atoms with Crippen LogP contribution in [0.3, 0.4) is 0 Å². The van der Waals surface area contributed by atoms with Crippen LogP contribution in [0.4, 0.5) is 20.2 Å². The molecule has 2 aromatic rings. The van der Waals surface area contributed by atoms with E-state index in [1.807, 2.05) is 0 Å². The number of benzene rings is 1. The van der Waals surface area contributed by atoms with Crippen molar-refractivity contribution in [3.05, 3.63) is 52.3 Å². The Balaban J connectivity index is 2.26. The molecule has 4 nitrogen and oxygen atoms in total. The van der Waals surface area contributed by atoms with Gasteiger partial charge in [-0.25, -0.2) is 13.8 Å². The van der Waals surface area contributed by atoms with E-state index in [1.165, 1.54) is 18.3 Å². The Morgan fingerprint density at radius 1 is 1.32 bits per heavy atom. The van der Waals surface area contributed by atoms with Crippen molar-refractivity contribution >= 4 is 33.2 Å². The maximum absolute atomic E-state index is 13.5. The van der Waals surface area contributed by atoms with E-state index >= 15 is 0 Å². The summed E-state index contributed by atoms with van der Waals surface area (Å²) >= 11 is 2.98. The molecule has 0 saturated carbocycles. The van der Waals surface area contributed by atoms with Crippen LogP contribution in [-0.4, -0.2) is 10.9 Å². The average molecular weight is 328 g/mol. The summed E-state index contributed by atoms with van der Waals surface area (Å²) in [5.74, 6) is -2.24. The van der Waals surface area contributed by atoms with E-state index in [0.29, 0.717) is 11.8 Å². The fourth-order valence-electron chi connectivity index (χ4n) is 1.38. The third kappa shape index (κ3) is 3.05. The third-order valence-corrected chi connectivity index (χ3v) is 2.89. The Labute approximate surface area is 115 Å². The lowest BCUT2D eigenvalue weighted by molar-refractivity contribution is 0.102. The SMILES string of the molecule is Nc1ccc(C(=O)Nc2c(F)cc(F)cc2Br)nc1. The summed E-state index contributed by atoms with van der Waals surface area (Å²) in [5, 5.41) is 2.31. The molecule has 0 radical (unpaired) electrons. The Morgan fingerprint density at radius 3 is 2.63 bits per heavy atom. The lowest BCUT2D eigenvalue weighted by Crippen LogP contribution is -2.15. The van der Waals surface area contributed by atoms with Crippen molar-refractivity contribution in [2.75, 3.05) is 11.1 Å². The molecule has 0 saturated heterocycles. The quantitative estimate of drug-likeness (QED) is 0.891. The lowest BCUT2D eigenvalue weighted by Gasteiger charge is -2.08. The van der Waals surface area contributed by atoms with Crippen molar-refractivity contribution < 1.29 is 13.6 Å². The minimum Gasteiger partial charge on any atom is -0.397 e. The number of rotatable bonds is 2. The molecule has 0 atom stereocenters. The molecule has 0 bridgehead atoms. The topological polar surface area (TPSA) is 68.0 Å². The zero-order valence-electron chi connectivity index (χ0n) is 9.45.